The van der Waals surface area contributed by atoms with E-state index in [0.29, 0.717) is 15.6 Å². The zero-order chi connectivity index (χ0) is 14.0. The molecule has 0 spiro atoms. The Balaban J connectivity index is 2.50. The smallest absolute Gasteiger partial charge is 0.202 e. The van der Waals surface area contributed by atoms with Gasteiger partial charge in [0.05, 0.1) is 5.25 Å². The van der Waals surface area contributed by atoms with E-state index < -0.39 is 15.1 Å². The summed E-state index contributed by atoms with van der Waals surface area (Å²) >= 11 is 11.9. The van der Waals surface area contributed by atoms with Crippen LogP contribution in [0.4, 0.5) is 0 Å². The number of benzene rings is 1. The van der Waals surface area contributed by atoms with Crippen LogP contribution in [0.25, 0.3) is 0 Å². The summed E-state index contributed by atoms with van der Waals surface area (Å²) in [5.41, 5.74) is 0.472. The van der Waals surface area contributed by atoms with Crippen molar-refractivity contribution in [2.75, 3.05) is 0 Å². The lowest BCUT2D eigenvalue weighted by molar-refractivity contribution is 0.582. The van der Waals surface area contributed by atoms with Crippen LogP contribution in [0.3, 0.4) is 0 Å². The second-order valence-corrected chi connectivity index (χ2v) is 7.08. The van der Waals surface area contributed by atoms with Gasteiger partial charge in [-0.05, 0) is 42.8 Å². The maximum absolute atomic E-state index is 12.4. The van der Waals surface area contributed by atoms with Crippen molar-refractivity contribution in [3.05, 3.63) is 58.2 Å². The number of hydrogen-bond donors (Lipinski definition) is 0. The van der Waals surface area contributed by atoms with Crippen LogP contribution in [0.2, 0.25) is 10.0 Å². The van der Waals surface area contributed by atoms with E-state index in [9.17, 15) is 8.42 Å². The molecule has 19 heavy (non-hydrogen) atoms. The third-order valence-electron chi connectivity index (χ3n) is 2.79. The van der Waals surface area contributed by atoms with Crippen molar-refractivity contribution in [2.45, 2.75) is 17.2 Å². The van der Waals surface area contributed by atoms with Crippen molar-refractivity contribution in [2.24, 2.45) is 0 Å². The van der Waals surface area contributed by atoms with Gasteiger partial charge < -0.3 is 0 Å². The first-order valence-electron chi connectivity index (χ1n) is 5.53. The van der Waals surface area contributed by atoms with Gasteiger partial charge in [0.15, 0.2) is 5.03 Å². The number of pyridine rings is 1. The molecule has 1 aromatic heterocycles. The molecule has 1 atom stereocenters. The number of nitrogens with zero attached hydrogens (tertiary/aromatic N) is 1. The van der Waals surface area contributed by atoms with Gasteiger partial charge in [-0.3, -0.25) is 0 Å². The highest BCUT2D eigenvalue weighted by Gasteiger charge is 2.27. The molecule has 2 rings (SSSR count). The molecule has 1 heterocycles. The zero-order valence-electron chi connectivity index (χ0n) is 10.0. The molecule has 2 aromatic rings. The highest BCUT2D eigenvalue weighted by atomic mass is 35.5. The Morgan fingerprint density at radius 3 is 2.53 bits per heavy atom. The fraction of sp³-hybridized carbons (Fsp3) is 0.154. The van der Waals surface area contributed by atoms with E-state index in [1.54, 1.807) is 37.3 Å². The summed E-state index contributed by atoms with van der Waals surface area (Å²) in [5.74, 6) is 0. The summed E-state index contributed by atoms with van der Waals surface area (Å²) in [6.45, 7) is 1.57. The topological polar surface area (TPSA) is 47.0 Å². The normalized spacial score (nSPS) is 13.2. The Hall–Kier alpha value is -1.10. The standard InChI is InChI=1S/C13H11Cl2NO2S/c1-9(11-8-10(14)5-6-12(11)15)19(17,18)13-4-2-3-7-16-13/h2-9H,1H3. The molecule has 1 aromatic carbocycles. The third-order valence-corrected chi connectivity index (χ3v) is 5.38. The summed E-state index contributed by atoms with van der Waals surface area (Å²) in [7, 11) is -3.59. The minimum absolute atomic E-state index is 0.0264. The predicted octanol–water partition coefficient (Wildman–Crippen LogP) is 3.92. The first-order valence-corrected chi connectivity index (χ1v) is 7.83. The maximum atomic E-state index is 12.4. The summed E-state index contributed by atoms with van der Waals surface area (Å²) in [6, 6.07) is 9.53. The number of rotatable bonds is 3. The van der Waals surface area contributed by atoms with E-state index in [0.717, 1.165) is 0 Å². The quantitative estimate of drug-likeness (QED) is 0.862. The van der Waals surface area contributed by atoms with Crippen molar-refractivity contribution in [1.82, 2.24) is 4.98 Å². The number of halogens is 2. The highest BCUT2D eigenvalue weighted by molar-refractivity contribution is 7.91. The molecule has 0 N–H and O–H groups in total. The molecule has 3 nitrogen and oxygen atoms in total. The predicted molar refractivity (Wildman–Crippen MR) is 76.3 cm³/mol. The van der Waals surface area contributed by atoms with Crippen LogP contribution < -0.4 is 0 Å². The largest absolute Gasteiger partial charge is 0.245 e. The fourth-order valence-corrected chi connectivity index (χ4v) is 3.58. The van der Waals surface area contributed by atoms with Gasteiger partial charge in [0, 0.05) is 16.2 Å². The van der Waals surface area contributed by atoms with Crippen molar-refractivity contribution < 1.29 is 8.42 Å². The molecule has 0 bridgehead atoms. The highest BCUT2D eigenvalue weighted by Crippen LogP contribution is 2.33. The molecule has 6 heteroatoms. The summed E-state index contributed by atoms with van der Waals surface area (Å²) < 4.78 is 24.9. The SMILES string of the molecule is CC(c1cc(Cl)ccc1Cl)S(=O)(=O)c1ccccn1. The minimum Gasteiger partial charge on any atom is -0.245 e. The Morgan fingerprint density at radius 1 is 1.16 bits per heavy atom. The molecule has 0 saturated carbocycles. The lowest BCUT2D eigenvalue weighted by Gasteiger charge is -2.14. The average Bonchev–Trinajstić information content (AvgIpc) is 2.41. The monoisotopic (exact) mass is 315 g/mol. The summed E-state index contributed by atoms with van der Waals surface area (Å²) in [5, 5.41) is 0.0334. The summed E-state index contributed by atoms with van der Waals surface area (Å²) in [4.78, 5) is 3.89. The maximum Gasteiger partial charge on any atom is 0.202 e. The van der Waals surface area contributed by atoms with Crippen LogP contribution in [0.5, 0.6) is 0 Å². The molecule has 0 saturated heterocycles. The number of sulfone groups is 1. The number of hydrogen-bond acceptors (Lipinski definition) is 3. The van der Waals surface area contributed by atoms with E-state index in [1.165, 1.54) is 12.3 Å². The van der Waals surface area contributed by atoms with Crippen molar-refractivity contribution in [3.8, 4) is 0 Å². The van der Waals surface area contributed by atoms with Gasteiger partial charge >= 0.3 is 0 Å². The van der Waals surface area contributed by atoms with E-state index in [-0.39, 0.29) is 5.03 Å². The van der Waals surface area contributed by atoms with Crippen LogP contribution in [0, 0.1) is 0 Å². The first-order chi connectivity index (χ1) is 8.93. The van der Waals surface area contributed by atoms with Crippen LogP contribution >= 0.6 is 23.2 Å². The lowest BCUT2D eigenvalue weighted by atomic mass is 10.2. The molecule has 1 unspecified atom stereocenters. The van der Waals surface area contributed by atoms with E-state index in [1.807, 2.05) is 0 Å². The average molecular weight is 316 g/mol. The van der Waals surface area contributed by atoms with Gasteiger partial charge in [-0.1, -0.05) is 29.3 Å². The Bertz CT molecular complexity index is 687. The first kappa shape index (κ1) is 14.3. The van der Waals surface area contributed by atoms with Crippen molar-refractivity contribution >= 4 is 33.0 Å². The van der Waals surface area contributed by atoms with Crippen LogP contribution in [0.1, 0.15) is 17.7 Å². The molecular formula is C13H11Cl2NO2S. The van der Waals surface area contributed by atoms with Gasteiger partial charge in [0.25, 0.3) is 0 Å². The van der Waals surface area contributed by atoms with E-state index >= 15 is 0 Å². The van der Waals surface area contributed by atoms with E-state index in [2.05, 4.69) is 4.98 Å². The Kier molecular flexibility index (Phi) is 4.13. The minimum atomic E-state index is -3.59. The van der Waals surface area contributed by atoms with E-state index in [4.69, 9.17) is 23.2 Å². The summed E-state index contributed by atoms with van der Waals surface area (Å²) in [6.07, 6.45) is 1.44. The van der Waals surface area contributed by atoms with Gasteiger partial charge in [-0.15, -0.1) is 0 Å². The molecule has 0 aliphatic heterocycles. The van der Waals surface area contributed by atoms with Crippen molar-refractivity contribution in [1.29, 1.82) is 0 Å². The van der Waals surface area contributed by atoms with Crippen LogP contribution in [-0.2, 0) is 9.84 Å². The fourth-order valence-electron chi connectivity index (χ4n) is 1.69. The third kappa shape index (κ3) is 2.91. The molecule has 0 aliphatic carbocycles. The van der Waals surface area contributed by atoms with Crippen LogP contribution in [0.15, 0.2) is 47.6 Å². The van der Waals surface area contributed by atoms with Gasteiger partial charge in [-0.25, -0.2) is 13.4 Å². The van der Waals surface area contributed by atoms with Gasteiger partial charge in [0.2, 0.25) is 9.84 Å². The Labute approximate surface area is 122 Å². The zero-order valence-corrected chi connectivity index (χ0v) is 12.4. The lowest BCUT2D eigenvalue weighted by Crippen LogP contribution is -2.12. The van der Waals surface area contributed by atoms with Gasteiger partial charge in [0.1, 0.15) is 0 Å². The van der Waals surface area contributed by atoms with Crippen LogP contribution in [-0.4, -0.2) is 13.4 Å². The Morgan fingerprint density at radius 2 is 1.89 bits per heavy atom. The second kappa shape index (κ2) is 5.49. The van der Waals surface area contributed by atoms with Gasteiger partial charge in [-0.2, -0.15) is 0 Å². The molecule has 0 amide bonds. The molecule has 0 radical (unpaired) electrons. The molecular weight excluding hydrogens is 305 g/mol. The molecule has 100 valence electrons. The number of aromatic nitrogens is 1. The molecule has 0 aliphatic rings. The second-order valence-electron chi connectivity index (χ2n) is 4.02. The molecule has 0 fully saturated rings. The van der Waals surface area contributed by atoms with Crippen molar-refractivity contribution in [3.63, 3.8) is 0 Å².